The molecule has 3 heterocycles. The minimum Gasteiger partial charge on any atom is -0.376 e. The molecule has 0 saturated carbocycles. The Hall–Kier alpha value is -2.97. The Morgan fingerprint density at radius 3 is 2.72 bits per heavy atom. The van der Waals surface area contributed by atoms with Gasteiger partial charge in [0.2, 0.25) is 0 Å². The van der Waals surface area contributed by atoms with Crippen LogP contribution in [-0.4, -0.2) is 40.5 Å². The zero-order chi connectivity index (χ0) is 20.5. The first kappa shape index (κ1) is 19.4. The summed E-state index contributed by atoms with van der Waals surface area (Å²) in [7, 11) is 5.56. The predicted molar refractivity (Wildman–Crippen MR) is 116 cm³/mol. The monoisotopic (exact) mass is 409 g/mol. The van der Waals surface area contributed by atoms with Crippen LogP contribution in [0.2, 0.25) is 0 Å². The maximum absolute atomic E-state index is 12.2. The van der Waals surface area contributed by atoms with Crippen LogP contribution >= 0.6 is 11.3 Å². The summed E-state index contributed by atoms with van der Waals surface area (Å²) >= 11 is 1.24. The van der Waals surface area contributed by atoms with Gasteiger partial charge in [-0.05, 0) is 35.9 Å². The van der Waals surface area contributed by atoms with E-state index in [0.717, 1.165) is 33.0 Å². The van der Waals surface area contributed by atoms with E-state index >= 15 is 0 Å². The van der Waals surface area contributed by atoms with Crippen molar-refractivity contribution in [3.8, 4) is 5.82 Å². The molecule has 29 heavy (non-hydrogen) atoms. The van der Waals surface area contributed by atoms with Gasteiger partial charge < -0.3 is 9.64 Å². The fourth-order valence-electron chi connectivity index (χ4n) is 3.25. The van der Waals surface area contributed by atoms with Gasteiger partial charge in [-0.15, -0.1) is 0 Å². The molecule has 0 N–H and O–H groups in total. The molecule has 0 aliphatic carbocycles. The summed E-state index contributed by atoms with van der Waals surface area (Å²) in [5.74, 6) is 0.870. The Bertz CT molecular complexity index is 1190. The molecule has 1 atom stereocenters. The molecule has 0 amide bonds. The van der Waals surface area contributed by atoms with E-state index in [0.29, 0.717) is 0 Å². The molecule has 4 aromatic rings. The molecule has 0 bridgehead atoms. The standard InChI is InChI=1S/C21H23N5O2S/c1-14(15-5-7-18-19(11-15)29-21(27)25(18)13-28-4)17-9-10-26(23-17)20-8-6-16(12-22-20)24(2)3/h5-12,14H,13H2,1-4H3. The molecule has 1 unspecified atom stereocenters. The molecule has 0 aliphatic heterocycles. The van der Waals surface area contributed by atoms with Crippen molar-refractivity contribution in [2.45, 2.75) is 19.6 Å². The van der Waals surface area contributed by atoms with Crippen LogP contribution in [0.4, 0.5) is 5.69 Å². The van der Waals surface area contributed by atoms with Crippen molar-refractivity contribution in [2.75, 3.05) is 26.1 Å². The third kappa shape index (κ3) is 3.68. The zero-order valence-corrected chi connectivity index (χ0v) is 17.7. The maximum atomic E-state index is 12.2. The minimum absolute atomic E-state index is 0.0109. The maximum Gasteiger partial charge on any atom is 0.310 e. The summed E-state index contributed by atoms with van der Waals surface area (Å²) in [6, 6.07) is 12.1. The lowest BCUT2D eigenvalue weighted by Crippen LogP contribution is -2.13. The summed E-state index contributed by atoms with van der Waals surface area (Å²) in [5, 5.41) is 4.72. The molecule has 1 aromatic carbocycles. The number of fused-ring (bicyclic) bond motifs is 1. The molecular formula is C21H23N5O2S. The van der Waals surface area contributed by atoms with Crippen LogP contribution in [0.1, 0.15) is 24.1 Å². The quantitative estimate of drug-likeness (QED) is 0.488. The molecule has 4 rings (SSSR count). The second-order valence-electron chi connectivity index (χ2n) is 7.12. The van der Waals surface area contributed by atoms with Crippen molar-refractivity contribution in [2.24, 2.45) is 0 Å². The first-order chi connectivity index (χ1) is 14.0. The van der Waals surface area contributed by atoms with Crippen molar-refractivity contribution in [1.29, 1.82) is 0 Å². The van der Waals surface area contributed by atoms with Crippen molar-refractivity contribution in [1.82, 2.24) is 19.3 Å². The SMILES string of the molecule is COCn1c(=O)sc2cc(C(C)c3ccn(-c4ccc(N(C)C)cn4)n3)ccc21. The third-order valence-electron chi connectivity index (χ3n) is 4.99. The van der Waals surface area contributed by atoms with Crippen molar-refractivity contribution in [3.05, 3.63) is 69.7 Å². The smallest absolute Gasteiger partial charge is 0.310 e. The van der Waals surface area contributed by atoms with Gasteiger partial charge in [-0.25, -0.2) is 9.67 Å². The lowest BCUT2D eigenvalue weighted by Gasteiger charge is -2.12. The number of benzene rings is 1. The third-order valence-corrected chi connectivity index (χ3v) is 5.93. The van der Waals surface area contributed by atoms with E-state index in [2.05, 4.69) is 24.0 Å². The van der Waals surface area contributed by atoms with Crippen LogP contribution in [0.15, 0.2) is 53.6 Å². The van der Waals surface area contributed by atoms with Gasteiger partial charge >= 0.3 is 4.87 Å². The van der Waals surface area contributed by atoms with Gasteiger partial charge in [0.1, 0.15) is 6.73 Å². The van der Waals surface area contributed by atoms with E-state index < -0.39 is 0 Å². The van der Waals surface area contributed by atoms with Crippen LogP contribution in [0.25, 0.3) is 16.0 Å². The number of hydrogen-bond acceptors (Lipinski definition) is 6. The van der Waals surface area contributed by atoms with E-state index in [4.69, 9.17) is 9.84 Å². The Kier molecular flexibility index (Phi) is 5.21. The van der Waals surface area contributed by atoms with Gasteiger partial charge in [0.05, 0.1) is 27.8 Å². The second-order valence-corrected chi connectivity index (χ2v) is 8.11. The molecule has 150 valence electrons. The van der Waals surface area contributed by atoms with Crippen LogP contribution in [0.3, 0.4) is 0 Å². The molecular weight excluding hydrogens is 386 g/mol. The van der Waals surface area contributed by atoms with Gasteiger partial charge in [-0.3, -0.25) is 9.36 Å². The average Bonchev–Trinajstić information content (AvgIpc) is 3.32. The molecule has 0 spiro atoms. The number of anilines is 1. The Morgan fingerprint density at radius 2 is 2.03 bits per heavy atom. The topological polar surface area (TPSA) is 65.2 Å². The van der Waals surface area contributed by atoms with Gasteiger partial charge in [-0.2, -0.15) is 5.10 Å². The normalized spacial score (nSPS) is 12.4. The Balaban J connectivity index is 1.61. The van der Waals surface area contributed by atoms with Crippen molar-refractivity contribution < 1.29 is 4.74 Å². The highest BCUT2D eigenvalue weighted by molar-refractivity contribution is 7.16. The Morgan fingerprint density at radius 1 is 1.21 bits per heavy atom. The predicted octanol–water partition coefficient (Wildman–Crippen LogP) is 3.47. The molecule has 0 aliphatic rings. The summed E-state index contributed by atoms with van der Waals surface area (Å²) in [6.07, 6.45) is 3.76. The molecule has 8 heteroatoms. The number of rotatable bonds is 6. The molecule has 3 aromatic heterocycles. The van der Waals surface area contributed by atoms with Gasteiger partial charge in [0.25, 0.3) is 0 Å². The van der Waals surface area contributed by atoms with E-state index in [9.17, 15) is 4.79 Å². The van der Waals surface area contributed by atoms with Crippen molar-refractivity contribution in [3.63, 3.8) is 0 Å². The minimum atomic E-state index is -0.0109. The van der Waals surface area contributed by atoms with Crippen LogP contribution in [0.5, 0.6) is 0 Å². The number of thiazole rings is 1. The first-order valence-electron chi connectivity index (χ1n) is 9.29. The number of hydrogen-bond donors (Lipinski definition) is 0. The van der Waals surface area contributed by atoms with E-state index in [1.54, 1.807) is 16.4 Å². The van der Waals surface area contributed by atoms with Crippen LogP contribution < -0.4 is 9.77 Å². The van der Waals surface area contributed by atoms with Crippen LogP contribution in [-0.2, 0) is 11.5 Å². The summed E-state index contributed by atoms with van der Waals surface area (Å²) in [6.45, 7) is 2.38. The number of pyridine rings is 1. The number of aromatic nitrogens is 4. The highest BCUT2D eigenvalue weighted by Crippen LogP contribution is 2.28. The summed E-state index contributed by atoms with van der Waals surface area (Å²) in [5.41, 5.74) is 4.01. The largest absolute Gasteiger partial charge is 0.376 e. The van der Waals surface area contributed by atoms with Crippen LogP contribution in [0, 0.1) is 0 Å². The zero-order valence-electron chi connectivity index (χ0n) is 16.9. The molecule has 7 nitrogen and oxygen atoms in total. The van der Waals surface area contributed by atoms with E-state index in [-0.39, 0.29) is 17.5 Å². The lowest BCUT2D eigenvalue weighted by atomic mass is 9.98. The fourth-order valence-corrected chi connectivity index (χ4v) is 4.18. The fraction of sp³-hybridized carbons (Fsp3) is 0.286. The second kappa shape index (κ2) is 7.81. The molecule has 0 saturated heterocycles. The molecule has 0 radical (unpaired) electrons. The van der Waals surface area contributed by atoms with E-state index in [1.165, 1.54) is 11.3 Å². The Labute approximate surface area is 172 Å². The average molecular weight is 410 g/mol. The number of methoxy groups -OCH3 is 1. The highest BCUT2D eigenvalue weighted by Gasteiger charge is 2.15. The molecule has 0 fully saturated rings. The lowest BCUT2D eigenvalue weighted by molar-refractivity contribution is 0.133. The van der Waals surface area contributed by atoms with Gasteiger partial charge in [-0.1, -0.05) is 24.3 Å². The first-order valence-corrected chi connectivity index (χ1v) is 10.1. The highest BCUT2D eigenvalue weighted by atomic mass is 32.1. The number of ether oxygens (including phenoxy) is 1. The van der Waals surface area contributed by atoms with Crippen molar-refractivity contribution >= 4 is 27.2 Å². The summed E-state index contributed by atoms with van der Waals surface area (Å²) < 4.78 is 9.52. The summed E-state index contributed by atoms with van der Waals surface area (Å²) in [4.78, 5) is 18.7. The number of nitrogens with zero attached hydrogens (tertiary/aromatic N) is 5. The van der Waals surface area contributed by atoms with Gasteiger partial charge in [0.15, 0.2) is 5.82 Å². The van der Waals surface area contributed by atoms with E-state index in [1.807, 2.05) is 55.7 Å². The van der Waals surface area contributed by atoms with Gasteiger partial charge in [0, 0.05) is 33.3 Å².